The minimum Gasteiger partial charge on any atom is -0.341 e. The van der Waals surface area contributed by atoms with Gasteiger partial charge in [0.05, 0.1) is 0 Å². The Morgan fingerprint density at radius 2 is 1.79 bits per heavy atom. The molecule has 1 aliphatic heterocycles. The fourth-order valence-corrected chi connectivity index (χ4v) is 3.93. The molecule has 2 aromatic rings. The molecule has 1 unspecified atom stereocenters. The van der Waals surface area contributed by atoms with Crippen LogP contribution >= 0.6 is 0 Å². The fourth-order valence-electron chi connectivity index (χ4n) is 3.93. The third kappa shape index (κ3) is 6.16. The van der Waals surface area contributed by atoms with Gasteiger partial charge in [0.25, 0.3) is 0 Å². The van der Waals surface area contributed by atoms with Gasteiger partial charge in [0.15, 0.2) is 0 Å². The molecule has 1 fully saturated rings. The highest BCUT2D eigenvalue weighted by molar-refractivity contribution is 5.76. The summed E-state index contributed by atoms with van der Waals surface area (Å²) < 4.78 is 13.0. The van der Waals surface area contributed by atoms with E-state index in [0.29, 0.717) is 12.5 Å². The number of likely N-dealkylation sites (tertiary alicyclic amines) is 1. The number of rotatable bonds is 8. The molecule has 1 atom stereocenters. The standard InChI is InChI=1S/C24H31FN2O/c1-26(18-16-20-7-3-2-4-8-20)23-10-6-17-27(19-23)24(28)11-5-9-21-12-14-22(25)15-13-21/h2-4,7-8,12-15,23H,5-6,9-11,16-19H2,1H3. The average Bonchev–Trinajstić information content (AvgIpc) is 2.74. The number of amides is 1. The van der Waals surface area contributed by atoms with Crippen molar-refractivity contribution in [1.82, 2.24) is 9.80 Å². The third-order valence-electron chi connectivity index (χ3n) is 5.74. The first-order chi connectivity index (χ1) is 13.6. The Hall–Kier alpha value is -2.20. The summed E-state index contributed by atoms with van der Waals surface area (Å²) in [6, 6.07) is 17.6. The number of hydrogen-bond donors (Lipinski definition) is 0. The third-order valence-corrected chi connectivity index (χ3v) is 5.74. The number of carbonyl (C=O) groups excluding carboxylic acids is 1. The Balaban J connectivity index is 1.41. The predicted octanol–water partition coefficient (Wildman–Crippen LogP) is 4.31. The molecule has 3 nitrogen and oxygen atoms in total. The van der Waals surface area contributed by atoms with Crippen LogP contribution < -0.4 is 0 Å². The number of hydrogen-bond acceptors (Lipinski definition) is 2. The molecular weight excluding hydrogens is 351 g/mol. The van der Waals surface area contributed by atoms with E-state index in [2.05, 4.69) is 36.2 Å². The summed E-state index contributed by atoms with van der Waals surface area (Å²) >= 11 is 0. The van der Waals surface area contributed by atoms with Gasteiger partial charge in [-0.1, -0.05) is 42.5 Å². The highest BCUT2D eigenvalue weighted by atomic mass is 19.1. The first kappa shape index (κ1) is 20.5. The van der Waals surface area contributed by atoms with Gasteiger partial charge in [0.2, 0.25) is 5.91 Å². The maximum atomic E-state index is 13.0. The van der Waals surface area contributed by atoms with E-state index in [0.717, 1.165) is 57.3 Å². The molecule has 1 saturated heterocycles. The summed E-state index contributed by atoms with van der Waals surface area (Å²) in [6.07, 6.45) is 5.47. The first-order valence-electron chi connectivity index (χ1n) is 10.4. The molecule has 2 aromatic carbocycles. The van der Waals surface area contributed by atoms with Crippen LogP contribution in [0.5, 0.6) is 0 Å². The molecule has 150 valence electrons. The van der Waals surface area contributed by atoms with E-state index in [-0.39, 0.29) is 11.7 Å². The molecule has 28 heavy (non-hydrogen) atoms. The lowest BCUT2D eigenvalue weighted by Gasteiger charge is -2.38. The number of halogens is 1. The monoisotopic (exact) mass is 382 g/mol. The molecule has 0 radical (unpaired) electrons. The van der Waals surface area contributed by atoms with Crippen molar-refractivity contribution in [3.63, 3.8) is 0 Å². The van der Waals surface area contributed by atoms with Crippen LogP contribution in [-0.4, -0.2) is 48.4 Å². The van der Waals surface area contributed by atoms with Crippen LogP contribution in [0.2, 0.25) is 0 Å². The van der Waals surface area contributed by atoms with Gasteiger partial charge in [0, 0.05) is 32.1 Å². The molecule has 0 N–H and O–H groups in total. The smallest absolute Gasteiger partial charge is 0.222 e. The number of piperidine rings is 1. The van der Waals surface area contributed by atoms with Crippen LogP contribution in [0.15, 0.2) is 54.6 Å². The molecule has 1 amide bonds. The van der Waals surface area contributed by atoms with Crippen LogP contribution in [0, 0.1) is 5.82 Å². The molecule has 1 aliphatic rings. The van der Waals surface area contributed by atoms with Gasteiger partial charge in [0.1, 0.15) is 5.82 Å². The quantitative estimate of drug-likeness (QED) is 0.679. The highest BCUT2D eigenvalue weighted by Gasteiger charge is 2.25. The summed E-state index contributed by atoms with van der Waals surface area (Å²) in [7, 11) is 2.18. The van der Waals surface area contributed by atoms with E-state index in [1.807, 2.05) is 11.0 Å². The Morgan fingerprint density at radius 1 is 1.07 bits per heavy atom. The highest BCUT2D eigenvalue weighted by Crippen LogP contribution is 2.17. The predicted molar refractivity (Wildman–Crippen MR) is 112 cm³/mol. The van der Waals surface area contributed by atoms with Gasteiger partial charge >= 0.3 is 0 Å². The van der Waals surface area contributed by atoms with Crippen molar-refractivity contribution in [2.45, 2.75) is 44.6 Å². The second-order valence-electron chi connectivity index (χ2n) is 7.83. The van der Waals surface area contributed by atoms with E-state index >= 15 is 0 Å². The van der Waals surface area contributed by atoms with Crippen LogP contribution in [0.3, 0.4) is 0 Å². The Morgan fingerprint density at radius 3 is 2.54 bits per heavy atom. The van der Waals surface area contributed by atoms with Gasteiger partial charge in [-0.3, -0.25) is 4.79 Å². The second kappa shape index (κ2) is 10.4. The second-order valence-corrected chi connectivity index (χ2v) is 7.83. The van der Waals surface area contributed by atoms with E-state index in [4.69, 9.17) is 0 Å². The van der Waals surface area contributed by atoms with Crippen molar-refractivity contribution in [2.24, 2.45) is 0 Å². The van der Waals surface area contributed by atoms with E-state index in [9.17, 15) is 9.18 Å². The lowest BCUT2D eigenvalue weighted by atomic mass is 10.0. The maximum absolute atomic E-state index is 13.0. The van der Waals surface area contributed by atoms with Gasteiger partial charge in [-0.05, 0) is 62.4 Å². The summed E-state index contributed by atoms with van der Waals surface area (Å²) in [5.74, 6) is 0.0406. The minimum atomic E-state index is -0.212. The summed E-state index contributed by atoms with van der Waals surface area (Å²) in [5, 5.41) is 0. The molecule has 3 rings (SSSR count). The average molecular weight is 383 g/mol. The molecule has 0 aliphatic carbocycles. The summed E-state index contributed by atoms with van der Waals surface area (Å²) in [4.78, 5) is 17.1. The number of nitrogens with zero attached hydrogens (tertiary/aromatic N) is 2. The van der Waals surface area contributed by atoms with Gasteiger partial charge in [-0.2, -0.15) is 0 Å². The normalized spacial score (nSPS) is 17.1. The molecule has 0 aromatic heterocycles. The van der Waals surface area contributed by atoms with Crippen LogP contribution in [0.4, 0.5) is 4.39 Å². The van der Waals surface area contributed by atoms with Crippen LogP contribution in [0.1, 0.15) is 36.8 Å². The lowest BCUT2D eigenvalue weighted by Crippen LogP contribution is -2.49. The van der Waals surface area contributed by atoms with Crippen LogP contribution in [0.25, 0.3) is 0 Å². The summed E-state index contributed by atoms with van der Waals surface area (Å²) in [5.41, 5.74) is 2.45. The van der Waals surface area contributed by atoms with E-state index in [1.54, 1.807) is 12.1 Å². The van der Waals surface area contributed by atoms with Crippen molar-refractivity contribution in [3.05, 3.63) is 71.5 Å². The van der Waals surface area contributed by atoms with Crippen molar-refractivity contribution < 1.29 is 9.18 Å². The minimum absolute atomic E-state index is 0.212. The van der Waals surface area contributed by atoms with Gasteiger partial charge < -0.3 is 9.80 Å². The zero-order valence-corrected chi connectivity index (χ0v) is 16.8. The largest absolute Gasteiger partial charge is 0.341 e. The number of benzene rings is 2. The topological polar surface area (TPSA) is 23.6 Å². The van der Waals surface area contributed by atoms with E-state index in [1.165, 1.54) is 17.7 Å². The van der Waals surface area contributed by atoms with Crippen molar-refractivity contribution in [2.75, 3.05) is 26.7 Å². The Kier molecular flexibility index (Phi) is 7.61. The fraction of sp³-hybridized carbons (Fsp3) is 0.458. The Labute approximate surface area is 168 Å². The molecule has 4 heteroatoms. The maximum Gasteiger partial charge on any atom is 0.222 e. The molecule has 0 spiro atoms. The SMILES string of the molecule is CN(CCc1ccccc1)C1CCCN(C(=O)CCCc2ccc(F)cc2)C1. The first-order valence-corrected chi connectivity index (χ1v) is 10.4. The van der Waals surface area contributed by atoms with Gasteiger partial charge in [-0.15, -0.1) is 0 Å². The Bertz CT molecular complexity index is 732. The van der Waals surface area contributed by atoms with Gasteiger partial charge in [-0.25, -0.2) is 4.39 Å². The van der Waals surface area contributed by atoms with Crippen molar-refractivity contribution >= 4 is 5.91 Å². The zero-order chi connectivity index (χ0) is 19.8. The van der Waals surface area contributed by atoms with Crippen LogP contribution in [-0.2, 0) is 17.6 Å². The molecular formula is C24H31FN2O. The molecule has 1 heterocycles. The molecule has 0 bridgehead atoms. The van der Waals surface area contributed by atoms with E-state index < -0.39 is 0 Å². The van der Waals surface area contributed by atoms with Crippen molar-refractivity contribution in [1.29, 1.82) is 0 Å². The number of carbonyl (C=O) groups is 1. The number of likely N-dealkylation sites (N-methyl/N-ethyl adjacent to an activating group) is 1. The number of aryl methyl sites for hydroxylation is 1. The van der Waals surface area contributed by atoms with Crippen molar-refractivity contribution in [3.8, 4) is 0 Å². The lowest BCUT2D eigenvalue weighted by molar-refractivity contribution is -0.133. The zero-order valence-electron chi connectivity index (χ0n) is 16.8. The molecule has 0 saturated carbocycles. The summed E-state index contributed by atoms with van der Waals surface area (Å²) in [6.45, 7) is 2.72.